The van der Waals surface area contributed by atoms with Gasteiger partial charge in [-0.25, -0.2) is 4.98 Å². The molecule has 0 unspecified atom stereocenters. The summed E-state index contributed by atoms with van der Waals surface area (Å²) in [6.45, 7) is 3.16. The van der Waals surface area contributed by atoms with E-state index in [4.69, 9.17) is 5.73 Å². The van der Waals surface area contributed by atoms with E-state index in [1.807, 2.05) is 12.3 Å². The van der Waals surface area contributed by atoms with E-state index in [9.17, 15) is 4.79 Å². The van der Waals surface area contributed by atoms with Crippen molar-refractivity contribution in [3.8, 4) is 0 Å². The summed E-state index contributed by atoms with van der Waals surface area (Å²) >= 11 is 1.54. The van der Waals surface area contributed by atoms with Crippen LogP contribution in [0.15, 0.2) is 17.1 Å². The zero-order chi connectivity index (χ0) is 13.0. The Balaban J connectivity index is 1.89. The number of anilines is 1. The van der Waals surface area contributed by atoms with Crippen molar-refractivity contribution in [1.29, 1.82) is 0 Å². The van der Waals surface area contributed by atoms with Gasteiger partial charge in [-0.1, -0.05) is 0 Å². The Bertz CT molecular complexity index is 520. The molecule has 0 saturated carbocycles. The smallest absolute Gasteiger partial charge is 0.273 e. The molecule has 2 rings (SSSR count). The Morgan fingerprint density at radius 1 is 1.61 bits per heavy atom. The molecule has 0 aliphatic carbocycles. The van der Waals surface area contributed by atoms with Crippen LogP contribution < -0.4 is 11.1 Å². The molecule has 96 valence electrons. The molecule has 7 heteroatoms. The number of aryl methyl sites for hydroxylation is 1. The second-order valence-electron chi connectivity index (χ2n) is 3.77. The number of carbonyl (C=O) groups excluding carboxylic acids is 1. The quantitative estimate of drug-likeness (QED) is 0.841. The van der Waals surface area contributed by atoms with Crippen molar-refractivity contribution in [3.63, 3.8) is 0 Å². The molecule has 0 aliphatic heterocycles. The van der Waals surface area contributed by atoms with Crippen LogP contribution in [0.4, 0.5) is 5.69 Å². The topological polar surface area (TPSA) is 85.8 Å². The molecule has 0 spiro atoms. The van der Waals surface area contributed by atoms with E-state index in [-0.39, 0.29) is 11.6 Å². The van der Waals surface area contributed by atoms with Crippen molar-refractivity contribution in [2.45, 2.75) is 19.9 Å². The van der Waals surface area contributed by atoms with E-state index >= 15 is 0 Å². The number of nitrogen functional groups attached to an aromatic ring is 1. The van der Waals surface area contributed by atoms with Crippen LogP contribution >= 0.6 is 11.3 Å². The van der Waals surface area contributed by atoms with Crippen molar-refractivity contribution >= 4 is 22.9 Å². The summed E-state index contributed by atoms with van der Waals surface area (Å²) in [5.74, 6) is -0.241. The van der Waals surface area contributed by atoms with Crippen molar-refractivity contribution in [1.82, 2.24) is 20.1 Å². The lowest BCUT2D eigenvalue weighted by Crippen LogP contribution is -2.27. The number of nitrogens with two attached hydrogens (primary N) is 1. The van der Waals surface area contributed by atoms with Gasteiger partial charge < -0.3 is 11.1 Å². The highest BCUT2D eigenvalue weighted by Gasteiger charge is 2.13. The molecule has 6 nitrogen and oxygen atoms in total. The zero-order valence-electron chi connectivity index (χ0n) is 10.1. The molecule has 0 aliphatic rings. The van der Waals surface area contributed by atoms with Gasteiger partial charge >= 0.3 is 0 Å². The lowest BCUT2D eigenvalue weighted by atomic mass is 10.3. The average Bonchev–Trinajstić information content (AvgIpc) is 2.98. The van der Waals surface area contributed by atoms with Gasteiger partial charge in [-0.05, 0) is 6.92 Å². The predicted octanol–water partition coefficient (Wildman–Crippen LogP) is 0.914. The summed E-state index contributed by atoms with van der Waals surface area (Å²) in [7, 11) is 0. The van der Waals surface area contributed by atoms with Crippen LogP contribution in [0.2, 0.25) is 0 Å². The Hall–Kier alpha value is -1.89. The van der Waals surface area contributed by atoms with Gasteiger partial charge in [-0.2, -0.15) is 5.10 Å². The van der Waals surface area contributed by atoms with Crippen LogP contribution in [0.5, 0.6) is 0 Å². The summed E-state index contributed by atoms with van der Waals surface area (Å²) < 4.78 is 1.64. The predicted molar refractivity (Wildman–Crippen MR) is 70.5 cm³/mol. The van der Waals surface area contributed by atoms with E-state index in [1.165, 1.54) is 0 Å². The molecule has 2 aromatic heterocycles. The SMILES string of the molecule is CCn1cc(N)c(C(=O)NCCc2cscn2)n1. The van der Waals surface area contributed by atoms with Crippen LogP contribution in [0.1, 0.15) is 23.1 Å². The molecule has 0 saturated heterocycles. The van der Waals surface area contributed by atoms with Crippen LogP contribution in [0.3, 0.4) is 0 Å². The van der Waals surface area contributed by atoms with Gasteiger partial charge in [-0.15, -0.1) is 11.3 Å². The minimum Gasteiger partial charge on any atom is -0.396 e. The molecule has 2 heterocycles. The lowest BCUT2D eigenvalue weighted by Gasteiger charge is -2.02. The summed E-state index contributed by atoms with van der Waals surface area (Å²) in [4.78, 5) is 16.0. The van der Waals surface area contributed by atoms with Crippen molar-refractivity contribution in [3.05, 3.63) is 28.5 Å². The van der Waals surface area contributed by atoms with Gasteiger partial charge in [-0.3, -0.25) is 9.48 Å². The van der Waals surface area contributed by atoms with Crippen LogP contribution in [0.25, 0.3) is 0 Å². The zero-order valence-corrected chi connectivity index (χ0v) is 10.9. The number of thiazole rings is 1. The van der Waals surface area contributed by atoms with Crippen LogP contribution in [-0.2, 0) is 13.0 Å². The standard InChI is InChI=1S/C11H15N5OS/c1-2-16-5-9(12)10(15-16)11(17)13-4-3-8-6-18-7-14-8/h5-7H,2-4,12H2,1H3,(H,13,17). The van der Waals surface area contributed by atoms with Crippen molar-refractivity contribution in [2.24, 2.45) is 0 Å². The highest BCUT2D eigenvalue weighted by Crippen LogP contribution is 2.08. The highest BCUT2D eigenvalue weighted by atomic mass is 32.1. The van der Waals surface area contributed by atoms with Crippen LogP contribution in [0, 0.1) is 0 Å². The third kappa shape index (κ3) is 2.86. The van der Waals surface area contributed by atoms with E-state index in [0.29, 0.717) is 25.2 Å². The molecular weight excluding hydrogens is 250 g/mol. The molecule has 0 aromatic carbocycles. The molecule has 0 bridgehead atoms. The fraction of sp³-hybridized carbons (Fsp3) is 0.364. The fourth-order valence-corrected chi connectivity index (χ4v) is 2.12. The van der Waals surface area contributed by atoms with Gasteiger partial charge in [0.05, 0.1) is 16.9 Å². The number of hydrogen-bond acceptors (Lipinski definition) is 5. The first kappa shape index (κ1) is 12.6. The largest absolute Gasteiger partial charge is 0.396 e. The molecule has 1 amide bonds. The lowest BCUT2D eigenvalue weighted by molar-refractivity contribution is 0.0949. The number of amides is 1. The molecular formula is C11H15N5OS. The maximum atomic E-state index is 11.8. The number of aromatic nitrogens is 3. The van der Waals surface area contributed by atoms with E-state index in [1.54, 1.807) is 27.7 Å². The van der Waals surface area contributed by atoms with Crippen molar-refractivity contribution < 1.29 is 4.79 Å². The monoisotopic (exact) mass is 265 g/mol. The number of nitrogens with zero attached hydrogens (tertiary/aromatic N) is 3. The number of nitrogens with one attached hydrogen (secondary N) is 1. The van der Waals surface area contributed by atoms with Gasteiger partial charge in [0.25, 0.3) is 5.91 Å². The Labute approximate surface area is 109 Å². The summed E-state index contributed by atoms with van der Waals surface area (Å²) in [6.07, 6.45) is 2.37. The molecule has 18 heavy (non-hydrogen) atoms. The van der Waals surface area contributed by atoms with Crippen LogP contribution in [-0.4, -0.2) is 27.2 Å². The summed E-state index contributed by atoms with van der Waals surface area (Å²) in [5, 5.41) is 8.86. The van der Waals surface area contributed by atoms with E-state index in [0.717, 1.165) is 5.69 Å². The highest BCUT2D eigenvalue weighted by molar-refractivity contribution is 7.07. The second-order valence-corrected chi connectivity index (χ2v) is 4.49. The first-order valence-corrected chi connectivity index (χ1v) is 6.63. The molecule has 0 radical (unpaired) electrons. The summed E-state index contributed by atoms with van der Waals surface area (Å²) in [5.41, 5.74) is 9.18. The summed E-state index contributed by atoms with van der Waals surface area (Å²) in [6, 6.07) is 0. The fourth-order valence-electron chi connectivity index (χ4n) is 1.52. The minimum atomic E-state index is -0.241. The van der Waals surface area contributed by atoms with E-state index in [2.05, 4.69) is 15.4 Å². The Morgan fingerprint density at radius 3 is 3.06 bits per heavy atom. The van der Waals surface area contributed by atoms with Gasteiger partial charge in [0.1, 0.15) is 0 Å². The second kappa shape index (κ2) is 5.63. The average molecular weight is 265 g/mol. The third-order valence-electron chi connectivity index (χ3n) is 2.48. The minimum absolute atomic E-state index is 0.241. The third-order valence-corrected chi connectivity index (χ3v) is 3.11. The number of hydrogen-bond donors (Lipinski definition) is 2. The first-order chi connectivity index (χ1) is 8.70. The van der Waals surface area contributed by atoms with Crippen molar-refractivity contribution in [2.75, 3.05) is 12.3 Å². The Kier molecular flexibility index (Phi) is 3.93. The first-order valence-electron chi connectivity index (χ1n) is 5.69. The normalized spacial score (nSPS) is 10.5. The van der Waals surface area contributed by atoms with Gasteiger partial charge in [0.2, 0.25) is 0 Å². The maximum Gasteiger partial charge on any atom is 0.273 e. The maximum absolute atomic E-state index is 11.8. The van der Waals surface area contributed by atoms with E-state index < -0.39 is 0 Å². The molecule has 2 aromatic rings. The number of carbonyl (C=O) groups is 1. The Morgan fingerprint density at radius 2 is 2.44 bits per heavy atom. The molecule has 0 fully saturated rings. The number of rotatable bonds is 5. The van der Waals surface area contributed by atoms with Gasteiger partial charge in [0, 0.05) is 31.1 Å². The van der Waals surface area contributed by atoms with Gasteiger partial charge in [0.15, 0.2) is 5.69 Å². The molecule has 0 atom stereocenters. The molecule has 3 N–H and O–H groups in total.